The van der Waals surface area contributed by atoms with Crippen molar-refractivity contribution in [1.29, 1.82) is 0 Å². The number of nitrogens with zero attached hydrogens (tertiary/aromatic N) is 5. The van der Waals surface area contributed by atoms with Crippen molar-refractivity contribution >= 4 is 23.0 Å². The van der Waals surface area contributed by atoms with Crippen LogP contribution in [-0.2, 0) is 22.7 Å². The van der Waals surface area contributed by atoms with Gasteiger partial charge in [-0.25, -0.2) is 9.78 Å². The number of carbonyl (C=O) groups excluding carboxylic acids is 2. The Labute approximate surface area is 274 Å². The van der Waals surface area contributed by atoms with Gasteiger partial charge in [-0.1, -0.05) is 48.5 Å². The fraction of sp³-hybridized carbons (Fsp3) is 0.444. The normalized spacial score (nSPS) is 19.9. The minimum atomic E-state index is -1.20. The van der Waals surface area contributed by atoms with E-state index in [0.29, 0.717) is 62.2 Å². The Morgan fingerprint density at radius 3 is 2.28 bits per heavy atom. The number of fused-ring (bicyclic) bond motifs is 1. The first-order valence-corrected chi connectivity index (χ1v) is 16.3. The number of aromatic nitrogens is 3. The third-order valence-electron chi connectivity index (χ3n) is 9.32. The van der Waals surface area contributed by atoms with Crippen LogP contribution in [0.3, 0.4) is 0 Å². The van der Waals surface area contributed by atoms with Gasteiger partial charge in [0.05, 0.1) is 29.8 Å². The molecule has 2 atom stereocenters. The van der Waals surface area contributed by atoms with Crippen LogP contribution in [0.4, 0.5) is 4.79 Å². The Kier molecular flexibility index (Phi) is 8.95. The summed E-state index contributed by atoms with van der Waals surface area (Å²) in [5.41, 5.74) is 0.672. The Hall–Kier alpha value is -4.48. The molecule has 0 bridgehead atoms. The summed E-state index contributed by atoms with van der Waals surface area (Å²) in [6, 6.07) is 20.9. The second-order valence-electron chi connectivity index (χ2n) is 13.8. The van der Waals surface area contributed by atoms with Crippen molar-refractivity contribution in [2.45, 2.75) is 70.3 Å². The molecule has 2 aromatic carbocycles. The SMILES string of the molecule is CC(C)(C)OC(=O)N1CC[C@@H](C(=O)N2CCC(O)(Cn3cnc4c(cc(CO)n4-c4ccccc4)c3=O)CC2)[C@H](c2ccccc2)C1. The summed E-state index contributed by atoms with van der Waals surface area (Å²) in [6.45, 7) is 6.83. The second kappa shape index (κ2) is 13.0. The molecule has 6 rings (SSSR count). The molecule has 47 heavy (non-hydrogen) atoms. The van der Waals surface area contributed by atoms with Crippen LogP contribution in [0.1, 0.15) is 57.2 Å². The number of ether oxygens (including phenoxy) is 1. The minimum absolute atomic E-state index is 0.0174. The molecule has 4 aromatic rings. The maximum atomic E-state index is 14.0. The summed E-state index contributed by atoms with van der Waals surface area (Å²) in [7, 11) is 0. The first kappa shape index (κ1) is 32.5. The molecule has 0 radical (unpaired) electrons. The van der Waals surface area contributed by atoms with Crippen LogP contribution in [0.2, 0.25) is 0 Å². The van der Waals surface area contributed by atoms with Crippen molar-refractivity contribution in [3.8, 4) is 5.69 Å². The van der Waals surface area contributed by atoms with Crippen LogP contribution in [0.25, 0.3) is 16.7 Å². The first-order chi connectivity index (χ1) is 22.5. The van der Waals surface area contributed by atoms with Crippen molar-refractivity contribution in [2.75, 3.05) is 26.2 Å². The largest absolute Gasteiger partial charge is 0.444 e. The number of rotatable bonds is 6. The van der Waals surface area contributed by atoms with Gasteiger partial charge in [-0.3, -0.25) is 18.7 Å². The van der Waals surface area contributed by atoms with Crippen molar-refractivity contribution in [1.82, 2.24) is 23.9 Å². The Balaban J connectivity index is 1.16. The molecule has 2 fully saturated rings. The topological polar surface area (TPSA) is 130 Å². The third kappa shape index (κ3) is 6.82. The van der Waals surface area contributed by atoms with E-state index in [1.807, 2.05) is 86.3 Å². The van der Waals surface area contributed by atoms with Gasteiger partial charge < -0.3 is 24.7 Å². The molecule has 2 N–H and O–H groups in total. The molecule has 0 saturated carbocycles. The van der Waals surface area contributed by atoms with E-state index in [1.165, 1.54) is 10.9 Å². The monoisotopic (exact) mass is 641 g/mol. The molecule has 0 spiro atoms. The number of piperidine rings is 2. The zero-order chi connectivity index (χ0) is 33.3. The average molecular weight is 642 g/mol. The minimum Gasteiger partial charge on any atom is -0.444 e. The highest BCUT2D eigenvalue weighted by Gasteiger charge is 2.42. The highest BCUT2D eigenvalue weighted by Crippen LogP contribution is 2.36. The number of aliphatic hydroxyl groups is 2. The molecule has 0 unspecified atom stereocenters. The zero-order valence-electron chi connectivity index (χ0n) is 27.2. The van der Waals surface area contributed by atoms with Gasteiger partial charge in [0, 0.05) is 43.7 Å². The van der Waals surface area contributed by atoms with Gasteiger partial charge in [0.2, 0.25) is 5.91 Å². The lowest BCUT2D eigenvalue weighted by atomic mass is 9.79. The maximum Gasteiger partial charge on any atom is 0.410 e. The maximum absolute atomic E-state index is 14.0. The summed E-state index contributed by atoms with van der Waals surface area (Å²) in [6.07, 6.45) is 2.20. The van der Waals surface area contributed by atoms with Gasteiger partial charge in [-0.05, 0) is 63.8 Å². The fourth-order valence-electron chi connectivity index (χ4n) is 6.89. The lowest BCUT2D eigenvalue weighted by Crippen LogP contribution is -2.53. The summed E-state index contributed by atoms with van der Waals surface area (Å²) < 4.78 is 8.82. The van der Waals surface area contributed by atoms with E-state index in [0.717, 1.165) is 11.3 Å². The summed E-state index contributed by atoms with van der Waals surface area (Å²) in [4.78, 5) is 48.6. The van der Waals surface area contributed by atoms with Gasteiger partial charge >= 0.3 is 6.09 Å². The summed E-state index contributed by atoms with van der Waals surface area (Å²) in [5, 5.41) is 22.0. The quantitative estimate of drug-likeness (QED) is 0.325. The molecule has 11 heteroatoms. The molecule has 248 valence electrons. The molecule has 2 aliphatic heterocycles. The van der Waals surface area contributed by atoms with E-state index in [9.17, 15) is 24.6 Å². The van der Waals surface area contributed by atoms with Crippen molar-refractivity contribution < 1.29 is 24.5 Å². The Morgan fingerprint density at radius 1 is 0.979 bits per heavy atom. The highest BCUT2D eigenvalue weighted by molar-refractivity contribution is 5.81. The molecule has 2 aliphatic rings. The Morgan fingerprint density at radius 2 is 1.64 bits per heavy atom. The van der Waals surface area contributed by atoms with Crippen LogP contribution < -0.4 is 5.56 Å². The number of benzene rings is 2. The van der Waals surface area contributed by atoms with Gasteiger partial charge in [0.1, 0.15) is 11.9 Å². The van der Waals surface area contributed by atoms with Crippen LogP contribution in [0, 0.1) is 5.92 Å². The number of aliphatic hydroxyl groups excluding tert-OH is 1. The molecular weight excluding hydrogens is 598 g/mol. The van der Waals surface area contributed by atoms with E-state index in [-0.39, 0.29) is 42.5 Å². The summed E-state index contributed by atoms with van der Waals surface area (Å²) >= 11 is 0. The first-order valence-electron chi connectivity index (χ1n) is 16.3. The molecule has 4 heterocycles. The van der Waals surface area contributed by atoms with Gasteiger partial charge in [-0.15, -0.1) is 0 Å². The van der Waals surface area contributed by atoms with E-state index < -0.39 is 11.2 Å². The molecule has 2 aromatic heterocycles. The smallest absolute Gasteiger partial charge is 0.410 e. The number of carbonyl (C=O) groups is 2. The van der Waals surface area contributed by atoms with E-state index in [4.69, 9.17) is 4.74 Å². The molecular formula is C36H43N5O6. The van der Waals surface area contributed by atoms with Gasteiger partial charge in [0.15, 0.2) is 5.65 Å². The van der Waals surface area contributed by atoms with Crippen LogP contribution >= 0.6 is 0 Å². The number of likely N-dealkylation sites (tertiary alicyclic amines) is 2. The Bertz CT molecular complexity index is 1790. The molecule has 0 aliphatic carbocycles. The van der Waals surface area contributed by atoms with E-state index >= 15 is 0 Å². The third-order valence-corrected chi connectivity index (χ3v) is 9.32. The van der Waals surface area contributed by atoms with Crippen molar-refractivity contribution in [3.05, 3.63) is 94.7 Å². The van der Waals surface area contributed by atoms with Crippen LogP contribution in [0.15, 0.2) is 77.9 Å². The van der Waals surface area contributed by atoms with Crippen LogP contribution in [-0.4, -0.2) is 83.5 Å². The van der Waals surface area contributed by atoms with Gasteiger partial charge in [-0.2, -0.15) is 0 Å². The van der Waals surface area contributed by atoms with Gasteiger partial charge in [0.25, 0.3) is 5.56 Å². The van der Waals surface area contributed by atoms with E-state index in [2.05, 4.69) is 4.98 Å². The molecule has 2 amide bonds. The molecule has 11 nitrogen and oxygen atoms in total. The number of amides is 2. The molecule has 2 saturated heterocycles. The predicted octanol–water partition coefficient (Wildman–Crippen LogP) is 4.07. The number of hydrogen-bond donors (Lipinski definition) is 2. The van der Waals surface area contributed by atoms with Crippen molar-refractivity contribution in [3.63, 3.8) is 0 Å². The number of hydrogen-bond acceptors (Lipinski definition) is 7. The van der Waals surface area contributed by atoms with Crippen molar-refractivity contribution in [2.24, 2.45) is 5.92 Å². The lowest BCUT2D eigenvalue weighted by Gasteiger charge is -2.43. The predicted molar refractivity (Wildman–Crippen MR) is 177 cm³/mol. The lowest BCUT2D eigenvalue weighted by molar-refractivity contribution is -0.142. The average Bonchev–Trinajstić information content (AvgIpc) is 3.45. The second-order valence-corrected chi connectivity index (χ2v) is 13.8. The number of para-hydroxylation sites is 1. The van der Waals surface area contributed by atoms with Crippen LogP contribution in [0.5, 0.6) is 0 Å². The highest BCUT2D eigenvalue weighted by atomic mass is 16.6. The summed E-state index contributed by atoms with van der Waals surface area (Å²) in [5.74, 6) is -0.483. The fourth-order valence-corrected chi connectivity index (χ4v) is 6.89. The van der Waals surface area contributed by atoms with E-state index in [1.54, 1.807) is 15.5 Å². The zero-order valence-corrected chi connectivity index (χ0v) is 27.2. The standard InChI is InChI=1S/C36H43N5O6/c1-35(2,3)47-34(45)39-17-14-28(30(21-39)25-10-6-4-7-11-25)32(43)38-18-15-36(46,16-19-38)23-40-24-37-31-29(33(40)44)20-27(22-42)41(31)26-12-8-5-9-13-26/h4-13,20,24,28,30,42,46H,14-19,21-23H2,1-3H3/t28-,30+/m1/s1.